The Labute approximate surface area is 163 Å². The van der Waals surface area contributed by atoms with Crippen LogP contribution in [0.1, 0.15) is 18.9 Å². The summed E-state index contributed by atoms with van der Waals surface area (Å²) in [6.07, 6.45) is 1.06. The maximum atomic E-state index is 12.0. The first-order valence-corrected chi connectivity index (χ1v) is 8.91. The Balaban J connectivity index is 1.50. The van der Waals surface area contributed by atoms with E-state index in [0.29, 0.717) is 24.5 Å². The minimum Gasteiger partial charge on any atom is -0.339 e. The Morgan fingerprint density at radius 2 is 1.43 bits per heavy atom. The van der Waals surface area contributed by atoms with Gasteiger partial charge >= 0.3 is 0 Å². The molecular formula is C21H21N5O2. The molecule has 0 saturated heterocycles. The number of rotatable bonds is 7. The van der Waals surface area contributed by atoms with Crippen molar-refractivity contribution in [2.75, 3.05) is 16.0 Å². The molecule has 0 radical (unpaired) electrons. The minimum absolute atomic E-state index is 0.104. The zero-order valence-electron chi connectivity index (χ0n) is 15.5. The predicted octanol–water partition coefficient (Wildman–Crippen LogP) is 3.75. The van der Waals surface area contributed by atoms with E-state index in [1.54, 1.807) is 24.3 Å². The molecule has 0 aliphatic rings. The smallest absolute Gasteiger partial charge is 0.225 e. The van der Waals surface area contributed by atoms with E-state index in [-0.39, 0.29) is 11.8 Å². The van der Waals surface area contributed by atoms with Gasteiger partial charge in [0, 0.05) is 24.7 Å². The van der Waals surface area contributed by atoms with Gasteiger partial charge in [0.25, 0.3) is 0 Å². The number of carbonyl (C=O) groups excluding carboxylic acids is 2. The van der Waals surface area contributed by atoms with Crippen molar-refractivity contribution in [2.45, 2.75) is 19.8 Å². The summed E-state index contributed by atoms with van der Waals surface area (Å²) >= 11 is 0. The maximum Gasteiger partial charge on any atom is 0.225 e. The van der Waals surface area contributed by atoms with Crippen molar-refractivity contribution < 1.29 is 9.59 Å². The van der Waals surface area contributed by atoms with Crippen LogP contribution in [0, 0.1) is 0 Å². The summed E-state index contributed by atoms with van der Waals surface area (Å²) in [7, 11) is 0. The molecule has 0 bridgehead atoms. The highest BCUT2D eigenvalue weighted by molar-refractivity contribution is 5.90. The molecule has 3 aromatic rings. The lowest BCUT2D eigenvalue weighted by atomic mass is 10.1. The molecule has 0 fully saturated rings. The molecule has 3 rings (SSSR count). The number of hydrogen-bond donors (Lipinski definition) is 3. The number of benzene rings is 2. The van der Waals surface area contributed by atoms with Gasteiger partial charge in [0.2, 0.25) is 11.8 Å². The van der Waals surface area contributed by atoms with Crippen LogP contribution >= 0.6 is 0 Å². The topological polar surface area (TPSA) is 96.0 Å². The molecule has 0 aliphatic heterocycles. The summed E-state index contributed by atoms with van der Waals surface area (Å²) in [5, 5.41) is 16.7. The Kier molecular flexibility index (Phi) is 6.30. The quantitative estimate of drug-likeness (QED) is 0.584. The van der Waals surface area contributed by atoms with Gasteiger partial charge in [0.05, 0.1) is 0 Å². The number of nitrogens with one attached hydrogen (secondary N) is 3. The highest BCUT2D eigenvalue weighted by Gasteiger charge is 2.05. The monoisotopic (exact) mass is 375 g/mol. The van der Waals surface area contributed by atoms with Crippen LogP contribution in [0.5, 0.6) is 0 Å². The summed E-state index contributed by atoms with van der Waals surface area (Å²) in [4.78, 5) is 23.1. The number of aromatic nitrogens is 2. The van der Waals surface area contributed by atoms with Crippen LogP contribution in [0.25, 0.3) is 0 Å². The van der Waals surface area contributed by atoms with Gasteiger partial charge in [-0.05, 0) is 48.4 Å². The van der Waals surface area contributed by atoms with Crippen LogP contribution < -0.4 is 16.0 Å². The molecule has 0 unspecified atom stereocenters. The lowest BCUT2D eigenvalue weighted by molar-refractivity contribution is -0.116. The summed E-state index contributed by atoms with van der Waals surface area (Å²) in [5.74, 6) is 0.736. The van der Waals surface area contributed by atoms with Crippen LogP contribution in [0.3, 0.4) is 0 Å². The van der Waals surface area contributed by atoms with Gasteiger partial charge in [-0.2, -0.15) is 0 Å². The third-order valence-corrected chi connectivity index (χ3v) is 3.89. The summed E-state index contributed by atoms with van der Waals surface area (Å²) < 4.78 is 0. The van der Waals surface area contributed by atoms with Crippen molar-refractivity contribution in [3.8, 4) is 0 Å². The predicted molar refractivity (Wildman–Crippen MR) is 109 cm³/mol. The molecule has 1 heterocycles. The molecule has 28 heavy (non-hydrogen) atoms. The van der Waals surface area contributed by atoms with E-state index < -0.39 is 0 Å². The Bertz CT molecular complexity index is 925. The zero-order chi connectivity index (χ0) is 19.8. The molecule has 0 saturated carbocycles. The normalized spacial score (nSPS) is 10.2. The van der Waals surface area contributed by atoms with Gasteiger partial charge in [-0.1, -0.05) is 30.3 Å². The fraction of sp³-hybridized carbons (Fsp3) is 0.143. The number of aryl methyl sites for hydroxylation is 1. The number of carbonyl (C=O) groups is 2. The van der Waals surface area contributed by atoms with E-state index in [9.17, 15) is 9.59 Å². The second-order valence-corrected chi connectivity index (χ2v) is 6.22. The van der Waals surface area contributed by atoms with Gasteiger partial charge < -0.3 is 16.0 Å². The van der Waals surface area contributed by atoms with Crippen molar-refractivity contribution in [3.05, 3.63) is 72.3 Å². The largest absolute Gasteiger partial charge is 0.339 e. The van der Waals surface area contributed by atoms with E-state index in [4.69, 9.17) is 0 Å². The lowest BCUT2D eigenvalue weighted by Gasteiger charge is -2.08. The molecule has 2 amide bonds. The molecule has 2 aromatic carbocycles. The molecule has 7 nitrogen and oxygen atoms in total. The van der Waals surface area contributed by atoms with Gasteiger partial charge in [-0.3, -0.25) is 9.59 Å². The molecule has 0 atom stereocenters. The Morgan fingerprint density at radius 1 is 0.786 bits per heavy atom. The number of hydrogen-bond acceptors (Lipinski definition) is 5. The number of amides is 2. The first-order valence-electron chi connectivity index (χ1n) is 8.91. The van der Waals surface area contributed by atoms with Gasteiger partial charge in [-0.15, -0.1) is 10.2 Å². The summed E-state index contributed by atoms with van der Waals surface area (Å²) in [6, 6.07) is 20.5. The molecule has 3 N–H and O–H groups in total. The van der Waals surface area contributed by atoms with Gasteiger partial charge in [-0.25, -0.2) is 0 Å². The second-order valence-electron chi connectivity index (χ2n) is 6.22. The maximum absolute atomic E-state index is 12.0. The highest BCUT2D eigenvalue weighted by atomic mass is 16.2. The molecule has 1 aromatic heterocycles. The first-order chi connectivity index (χ1) is 13.6. The fourth-order valence-electron chi connectivity index (χ4n) is 2.56. The van der Waals surface area contributed by atoms with Gasteiger partial charge in [0.1, 0.15) is 0 Å². The van der Waals surface area contributed by atoms with Crippen LogP contribution in [-0.2, 0) is 16.0 Å². The summed E-state index contributed by atoms with van der Waals surface area (Å²) in [5.41, 5.74) is 2.65. The second kappa shape index (κ2) is 9.27. The van der Waals surface area contributed by atoms with Crippen molar-refractivity contribution in [3.63, 3.8) is 0 Å². The average molecular weight is 375 g/mol. The Hall–Kier alpha value is -3.74. The molecule has 0 aliphatic carbocycles. The third-order valence-electron chi connectivity index (χ3n) is 3.89. The molecular weight excluding hydrogens is 354 g/mol. The van der Waals surface area contributed by atoms with Crippen LogP contribution in [0.15, 0.2) is 66.7 Å². The van der Waals surface area contributed by atoms with Crippen LogP contribution in [0.2, 0.25) is 0 Å². The average Bonchev–Trinajstić information content (AvgIpc) is 2.70. The third kappa shape index (κ3) is 5.91. The van der Waals surface area contributed by atoms with Crippen molar-refractivity contribution in [1.82, 2.24) is 10.2 Å². The van der Waals surface area contributed by atoms with Crippen LogP contribution in [-0.4, -0.2) is 22.0 Å². The minimum atomic E-state index is -0.118. The SMILES string of the molecule is CC(=O)Nc1ccc(Nc2ccc(NC(=O)CCc3ccccc3)nn2)cc1. The zero-order valence-corrected chi connectivity index (χ0v) is 15.5. The first kappa shape index (κ1) is 19.0. The molecule has 0 spiro atoms. The van der Waals surface area contributed by atoms with Crippen LogP contribution in [0.4, 0.5) is 23.0 Å². The van der Waals surface area contributed by atoms with E-state index in [0.717, 1.165) is 16.9 Å². The highest BCUT2D eigenvalue weighted by Crippen LogP contribution is 2.18. The van der Waals surface area contributed by atoms with E-state index in [2.05, 4.69) is 26.1 Å². The van der Waals surface area contributed by atoms with E-state index >= 15 is 0 Å². The van der Waals surface area contributed by atoms with Crippen molar-refractivity contribution in [1.29, 1.82) is 0 Å². The van der Waals surface area contributed by atoms with E-state index in [1.165, 1.54) is 6.92 Å². The molecule has 142 valence electrons. The van der Waals surface area contributed by atoms with Gasteiger partial charge in [0.15, 0.2) is 11.6 Å². The number of anilines is 4. The Morgan fingerprint density at radius 3 is 2.07 bits per heavy atom. The van der Waals surface area contributed by atoms with Crippen molar-refractivity contribution >= 4 is 34.8 Å². The molecule has 7 heteroatoms. The fourth-order valence-corrected chi connectivity index (χ4v) is 2.56. The summed E-state index contributed by atoms with van der Waals surface area (Å²) in [6.45, 7) is 1.46. The lowest BCUT2D eigenvalue weighted by Crippen LogP contribution is -2.14. The van der Waals surface area contributed by atoms with E-state index in [1.807, 2.05) is 42.5 Å². The number of nitrogens with zero attached hydrogens (tertiary/aromatic N) is 2. The van der Waals surface area contributed by atoms with Crippen molar-refractivity contribution in [2.24, 2.45) is 0 Å². The standard InChI is InChI=1S/C21H21N5O2/c1-15(27)22-17-8-10-18(11-9-17)23-19-12-13-20(26-25-19)24-21(28)14-7-16-5-3-2-4-6-16/h2-6,8-13H,7,14H2,1H3,(H,22,27)(H,23,25)(H,24,26,28).